The van der Waals surface area contributed by atoms with Gasteiger partial charge in [0, 0.05) is 11.7 Å². The zero-order valence-electron chi connectivity index (χ0n) is 9.61. The number of nitrogens with two attached hydrogens (primary N) is 1. The molecule has 0 heterocycles. The third-order valence-corrected chi connectivity index (χ3v) is 2.88. The normalized spacial score (nSPS) is 22.8. The fraction of sp³-hybridized carbons (Fsp3) is 0.308. The van der Waals surface area contributed by atoms with Gasteiger partial charge >= 0.3 is 0 Å². The van der Waals surface area contributed by atoms with E-state index in [0.29, 0.717) is 17.7 Å². The van der Waals surface area contributed by atoms with Gasteiger partial charge in [0.25, 0.3) is 0 Å². The monoisotopic (exact) mass is 234 g/mol. The van der Waals surface area contributed by atoms with Crippen molar-refractivity contribution in [2.45, 2.75) is 19.4 Å². The second-order valence-corrected chi connectivity index (χ2v) is 4.34. The van der Waals surface area contributed by atoms with Crippen LogP contribution >= 0.6 is 0 Å². The Morgan fingerprint density at radius 2 is 2.24 bits per heavy atom. The molecule has 0 saturated heterocycles. The fourth-order valence-electron chi connectivity index (χ4n) is 1.88. The van der Waals surface area contributed by atoms with E-state index in [2.05, 4.69) is 5.32 Å². The molecule has 3 nitrogen and oxygen atoms in total. The Morgan fingerprint density at radius 1 is 1.47 bits per heavy atom. The molecule has 1 aromatic rings. The summed E-state index contributed by atoms with van der Waals surface area (Å²) >= 11 is 0. The molecule has 90 valence electrons. The van der Waals surface area contributed by atoms with Crippen molar-refractivity contribution < 1.29 is 9.18 Å². The molecule has 0 bridgehead atoms. The van der Waals surface area contributed by atoms with E-state index in [9.17, 15) is 9.18 Å². The van der Waals surface area contributed by atoms with Gasteiger partial charge < -0.3 is 11.1 Å². The summed E-state index contributed by atoms with van der Waals surface area (Å²) in [4.78, 5) is 11.8. The first kappa shape index (κ1) is 11.8. The molecule has 1 aliphatic rings. The standard InChI is InChI=1S/C13H15FN2O/c1-8-6-11(4-5-12(8)14)16-13(17)9-2-3-10(15)7-9/h2-6,9-10H,7,15H2,1H3,(H,16,17). The summed E-state index contributed by atoms with van der Waals surface area (Å²) in [6, 6.07) is 4.48. The first-order valence-corrected chi connectivity index (χ1v) is 5.57. The highest BCUT2D eigenvalue weighted by molar-refractivity contribution is 5.94. The van der Waals surface area contributed by atoms with Gasteiger partial charge in [-0.1, -0.05) is 12.2 Å². The number of rotatable bonds is 2. The van der Waals surface area contributed by atoms with Gasteiger partial charge in [0.15, 0.2) is 0 Å². The molecule has 0 aromatic heterocycles. The number of hydrogen-bond acceptors (Lipinski definition) is 2. The highest BCUT2D eigenvalue weighted by Gasteiger charge is 2.22. The van der Waals surface area contributed by atoms with E-state index in [1.54, 1.807) is 19.1 Å². The van der Waals surface area contributed by atoms with Gasteiger partial charge in [-0.3, -0.25) is 4.79 Å². The molecular formula is C13H15FN2O. The highest BCUT2D eigenvalue weighted by Crippen LogP contribution is 2.20. The van der Waals surface area contributed by atoms with Gasteiger partial charge in [0.05, 0.1) is 5.92 Å². The molecule has 2 rings (SSSR count). The van der Waals surface area contributed by atoms with Crippen LogP contribution in [0.15, 0.2) is 30.4 Å². The summed E-state index contributed by atoms with van der Waals surface area (Å²) in [5.41, 5.74) is 6.81. The molecule has 1 amide bonds. The van der Waals surface area contributed by atoms with Crippen LogP contribution in [0.1, 0.15) is 12.0 Å². The number of nitrogens with one attached hydrogen (secondary N) is 1. The topological polar surface area (TPSA) is 55.1 Å². The Labute approximate surface area is 99.5 Å². The minimum atomic E-state index is -0.272. The van der Waals surface area contributed by atoms with Crippen LogP contribution in [-0.4, -0.2) is 11.9 Å². The molecule has 3 N–H and O–H groups in total. The molecular weight excluding hydrogens is 219 g/mol. The molecule has 1 aromatic carbocycles. The molecule has 0 saturated carbocycles. The largest absolute Gasteiger partial charge is 0.326 e. The van der Waals surface area contributed by atoms with Crippen molar-refractivity contribution >= 4 is 11.6 Å². The maximum atomic E-state index is 13.0. The van der Waals surface area contributed by atoms with Crippen molar-refractivity contribution in [3.63, 3.8) is 0 Å². The molecule has 0 radical (unpaired) electrons. The van der Waals surface area contributed by atoms with E-state index < -0.39 is 0 Å². The lowest BCUT2D eigenvalue weighted by molar-refractivity contribution is -0.118. The predicted molar refractivity (Wildman–Crippen MR) is 65.0 cm³/mol. The maximum absolute atomic E-state index is 13.0. The number of benzene rings is 1. The van der Waals surface area contributed by atoms with E-state index in [1.165, 1.54) is 6.07 Å². The minimum absolute atomic E-state index is 0.0410. The molecule has 1 aliphatic carbocycles. The molecule has 0 aliphatic heterocycles. The average Bonchev–Trinajstić information content (AvgIpc) is 2.70. The van der Waals surface area contributed by atoms with Crippen molar-refractivity contribution in [2.75, 3.05) is 5.32 Å². The van der Waals surface area contributed by atoms with Crippen LogP contribution in [0, 0.1) is 18.7 Å². The van der Waals surface area contributed by atoms with Crippen LogP contribution in [0.3, 0.4) is 0 Å². The van der Waals surface area contributed by atoms with Gasteiger partial charge in [-0.25, -0.2) is 4.39 Å². The number of carbonyl (C=O) groups is 1. The van der Waals surface area contributed by atoms with Crippen LogP contribution in [0.25, 0.3) is 0 Å². The summed E-state index contributed by atoms with van der Waals surface area (Å²) in [6.45, 7) is 1.66. The second kappa shape index (κ2) is 4.67. The lowest BCUT2D eigenvalue weighted by Crippen LogP contribution is -2.24. The van der Waals surface area contributed by atoms with Gasteiger partial charge in [-0.05, 0) is 37.1 Å². The molecule has 4 heteroatoms. The molecule has 17 heavy (non-hydrogen) atoms. The number of amides is 1. The second-order valence-electron chi connectivity index (χ2n) is 4.34. The lowest BCUT2D eigenvalue weighted by Gasteiger charge is -2.11. The van der Waals surface area contributed by atoms with E-state index >= 15 is 0 Å². The van der Waals surface area contributed by atoms with Crippen LogP contribution in [0.5, 0.6) is 0 Å². The summed E-state index contributed by atoms with van der Waals surface area (Å²) in [5.74, 6) is -0.554. The number of hydrogen-bond donors (Lipinski definition) is 2. The predicted octanol–water partition coefficient (Wildman–Crippen LogP) is 1.98. The van der Waals surface area contributed by atoms with Crippen LogP contribution in [-0.2, 0) is 4.79 Å². The first-order chi connectivity index (χ1) is 8.06. The third-order valence-electron chi connectivity index (χ3n) is 2.88. The zero-order chi connectivity index (χ0) is 12.4. The van der Waals surface area contributed by atoms with Crippen molar-refractivity contribution in [2.24, 2.45) is 11.7 Å². The third kappa shape index (κ3) is 2.71. The maximum Gasteiger partial charge on any atom is 0.231 e. The minimum Gasteiger partial charge on any atom is -0.326 e. The van der Waals surface area contributed by atoms with Crippen LogP contribution < -0.4 is 11.1 Å². The number of aryl methyl sites for hydroxylation is 1. The smallest absolute Gasteiger partial charge is 0.231 e. The fourth-order valence-corrected chi connectivity index (χ4v) is 1.88. The van der Waals surface area contributed by atoms with Crippen LogP contribution in [0.2, 0.25) is 0 Å². The molecule has 2 atom stereocenters. The van der Waals surface area contributed by atoms with Crippen molar-refractivity contribution in [3.05, 3.63) is 41.7 Å². The number of halogens is 1. The van der Waals surface area contributed by atoms with Gasteiger partial charge in [0.2, 0.25) is 5.91 Å². The highest BCUT2D eigenvalue weighted by atomic mass is 19.1. The Bertz CT molecular complexity index is 470. The van der Waals surface area contributed by atoms with Gasteiger partial charge in [-0.15, -0.1) is 0 Å². The van der Waals surface area contributed by atoms with E-state index in [0.717, 1.165) is 0 Å². The van der Waals surface area contributed by atoms with E-state index in [4.69, 9.17) is 5.73 Å². The zero-order valence-corrected chi connectivity index (χ0v) is 9.61. The molecule has 0 fully saturated rings. The van der Waals surface area contributed by atoms with Crippen molar-refractivity contribution in [1.29, 1.82) is 0 Å². The Balaban J connectivity index is 2.03. The lowest BCUT2D eigenvalue weighted by atomic mass is 10.1. The Hall–Kier alpha value is -1.68. The quantitative estimate of drug-likeness (QED) is 0.769. The summed E-state index contributed by atoms with van der Waals surface area (Å²) in [6.07, 6.45) is 4.28. The molecule has 0 spiro atoms. The number of anilines is 1. The Kier molecular flexibility index (Phi) is 3.24. The first-order valence-electron chi connectivity index (χ1n) is 5.57. The van der Waals surface area contributed by atoms with Crippen molar-refractivity contribution in [3.8, 4) is 0 Å². The summed E-state index contributed by atoms with van der Waals surface area (Å²) in [5, 5.41) is 2.76. The molecule has 2 unspecified atom stereocenters. The number of carbonyl (C=O) groups excluding carboxylic acids is 1. The van der Waals surface area contributed by atoms with Crippen molar-refractivity contribution in [1.82, 2.24) is 0 Å². The SMILES string of the molecule is Cc1cc(NC(=O)C2C=CC(N)C2)ccc1F. The van der Waals surface area contributed by atoms with Gasteiger partial charge in [0.1, 0.15) is 5.82 Å². The van der Waals surface area contributed by atoms with Gasteiger partial charge in [-0.2, -0.15) is 0 Å². The van der Waals surface area contributed by atoms with E-state index in [1.807, 2.05) is 12.2 Å². The summed E-state index contributed by atoms with van der Waals surface area (Å²) < 4.78 is 13.0. The Morgan fingerprint density at radius 3 is 2.82 bits per heavy atom. The van der Waals surface area contributed by atoms with Crippen LogP contribution in [0.4, 0.5) is 10.1 Å². The summed E-state index contributed by atoms with van der Waals surface area (Å²) in [7, 11) is 0. The van der Waals surface area contributed by atoms with E-state index in [-0.39, 0.29) is 23.7 Å². The average molecular weight is 234 g/mol.